The van der Waals surface area contributed by atoms with Crippen molar-refractivity contribution < 1.29 is 33.5 Å². The summed E-state index contributed by atoms with van der Waals surface area (Å²) in [4.78, 5) is 48.4. The lowest BCUT2D eigenvalue weighted by atomic mass is 10.1. The van der Waals surface area contributed by atoms with Gasteiger partial charge in [-0.25, -0.2) is 4.79 Å². The van der Waals surface area contributed by atoms with E-state index < -0.39 is 22.0 Å². The Kier molecular flexibility index (Phi) is 7.90. The van der Waals surface area contributed by atoms with Gasteiger partial charge < -0.3 is 14.2 Å². The average Bonchev–Trinajstić information content (AvgIpc) is 3.05. The molecule has 0 aromatic heterocycles. The van der Waals surface area contributed by atoms with Gasteiger partial charge >= 0.3 is 5.97 Å². The number of amides is 2. The minimum absolute atomic E-state index is 0.00256. The van der Waals surface area contributed by atoms with Gasteiger partial charge in [-0.15, -0.1) is 0 Å². The zero-order valence-corrected chi connectivity index (χ0v) is 19.5. The predicted molar refractivity (Wildman–Crippen MR) is 124 cm³/mol. The molecule has 0 spiro atoms. The standard InChI is InChI=1S/C23H22N2O8S/c1-14(2)33-21(26)13-32-18-9-6-16(10-19(18)31-3)11-20-22(27)24(23(28)34-20)12-15-4-7-17(8-5-15)25(29)30/h4-11,14H,12-13H2,1-3H3/b20-11-. The van der Waals surface area contributed by atoms with E-state index in [4.69, 9.17) is 14.2 Å². The van der Waals surface area contributed by atoms with Crippen LogP contribution in [-0.4, -0.2) is 46.8 Å². The number of thioether (sulfide) groups is 1. The van der Waals surface area contributed by atoms with Crippen LogP contribution in [0.3, 0.4) is 0 Å². The van der Waals surface area contributed by atoms with E-state index in [2.05, 4.69) is 0 Å². The fourth-order valence-corrected chi connectivity index (χ4v) is 3.86. The molecule has 0 saturated carbocycles. The lowest BCUT2D eigenvalue weighted by molar-refractivity contribution is -0.384. The molecule has 0 unspecified atom stereocenters. The van der Waals surface area contributed by atoms with Crippen molar-refractivity contribution in [3.63, 3.8) is 0 Å². The summed E-state index contributed by atoms with van der Waals surface area (Å²) >= 11 is 0.798. The van der Waals surface area contributed by atoms with Crippen LogP contribution in [0, 0.1) is 10.1 Å². The second-order valence-electron chi connectivity index (χ2n) is 7.43. The van der Waals surface area contributed by atoms with Crippen LogP contribution >= 0.6 is 11.8 Å². The van der Waals surface area contributed by atoms with Gasteiger partial charge in [-0.05, 0) is 54.9 Å². The van der Waals surface area contributed by atoms with Crippen LogP contribution in [0.4, 0.5) is 10.5 Å². The van der Waals surface area contributed by atoms with Crippen LogP contribution < -0.4 is 9.47 Å². The van der Waals surface area contributed by atoms with E-state index in [1.54, 1.807) is 38.1 Å². The molecule has 1 saturated heterocycles. The maximum absolute atomic E-state index is 12.8. The van der Waals surface area contributed by atoms with Crippen LogP contribution in [0.5, 0.6) is 11.5 Å². The number of nitro groups is 1. The highest BCUT2D eigenvalue weighted by Gasteiger charge is 2.35. The predicted octanol–water partition coefficient (Wildman–Crippen LogP) is 4.17. The van der Waals surface area contributed by atoms with E-state index >= 15 is 0 Å². The number of hydrogen-bond acceptors (Lipinski definition) is 9. The van der Waals surface area contributed by atoms with Crippen LogP contribution in [0.25, 0.3) is 6.08 Å². The van der Waals surface area contributed by atoms with Gasteiger partial charge in [0.05, 0.1) is 29.6 Å². The van der Waals surface area contributed by atoms with Crippen molar-refractivity contribution in [2.24, 2.45) is 0 Å². The molecule has 10 nitrogen and oxygen atoms in total. The number of hydrogen-bond donors (Lipinski definition) is 0. The van der Waals surface area contributed by atoms with Gasteiger partial charge in [0, 0.05) is 12.1 Å². The van der Waals surface area contributed by atoms with Crippen molar-refractivity contribution in [3.05, 3.63) is 68.6 Å². The first-order valence-electron chi connectivity index (χ1n) is 10.2. The maximum atomic E-state index is 12.8. The van der Waals surface area contributed by atoms with Gasteiger partial charge in [0.25, 0.3) is 16.8 Å². The van der Waals surface area contributed by atoms with Crippen molar-refractivity contribution in [1.29, 1.82) is 0 Å². The van der Waals surface area contributed by atoms with Gasteiger partial charge in [-0.3, -0.25) is 24.6 Å². The summed E-state index contributed by atoms with van der Waals surface area (Å²) in [6.45, 7) is 3.19. The largest absolute Gasteiger partial charge is 0.493 e. The fourth-order valence-electron chi connectivity index (χ4n) is 3.02. The number of imide groups is 1. The quantitative estimate of drug-likeness (QED) is 0.222. The van der Waals surface area contributed by atoms with E-state index in [-0.39, 0.29) is 29.8 Å². The molecule has 1 fully saturated rings. The Morgan fingerprint density at radius 1 is 1.15 bits per heavy atom. The molecule has 3 rings (SSSR count). The first kappa shape index (κ1) is 24.8. The van der Waals surface area contributed by atoms with E-state index in [1.807, 2.05) is 0 Å². The molecule has 11 heteroatoms. The Morgan fingerprint density at radius 2 is 1.85 bits per heavy atom. The van der Waals surface area contributed by atoms with Gasteiger partial charge in [0.15, 0.2) is 18.1 Å². The molecule has 1 aliphatic heterocycles. The number of nitro benzene ring substituents is 1. The molecular weight excluding hydrogens is 464 g/mol. The second-order valence-corrected chi connectivity index (χ2v) is 8.42. The molecule has 0 bridgehead atoms. The number of methoxy groups -OCH3 is 1. The van der Waals surface area contributed by atoms with Crippen LogP contribution in [0.15, 0.2) is 47.4 Å². The van der Waals surface area contributed by atoms with E-state index in [0.29, 0.717) is 22.6 Å². The smallest absolute Gasteiger partial charge is 0.344 e. The Labute approximate surface area is 199 Å². The molecule has 178 valence electrons. The Hall–Kier alpha value is -3.86. The zero-order chi connectivity index (χ0) is 24.8. The number of non-ortho nitro benzene ring substituents is 1. The highest BCUT2D eigenvalue weighted by Crippen LogP contribution is 2.35. The third kappa shape index (κ3) is 6.13. The topological polar surface area (TPSA) is 125 Å². The van der Waals surface area contributed by atoms with E-state index in [1.165, 1.54) is 31.4 Å². The molecule has 0 N–H and O–H groups in total. The zero-order valence-electron chi connectivity index (χ0n) is 18.7. The van der Waals surface area contributed by atoms with Crippen LogP contribution in [0.1, 0.15) is 25.0 Å². The van der Waals surface area contributed by atoms with Gasteiger partial charge in [0.1, 0.15) is 0 Å². The summed E-state index contributed by atoms with van der Waals surface area (Å²) in [6.07, 6.45) is 1.30. The summed E-state index contributed by atoms with van der Waals surface area (Å²) in [7, 11) is 1.44. The molecule has 1 aliphatic rings. The van der Waals surface area contributed by atoms with Gasteiger partial charge in [-0.1, -0.05) is 18.2 Å². The monoisotopic (exact) mass is 486 g/mol. The summed E-state index contributed by atoms with van der Waals surface area (Å²) in [5.74, 6) is -0.310. The first-order chi connectivity index (χ1) is 16.2. The lowest BCUT2D eigenvalue weighted by Crippen LogP contribution is -2.27. The highest BCUT2D eigenvalue weighted by atomic mass is 32.2. The molecule has 2 aromatic carbocycles. The number of esters is 1. The summed E-state index contributed by atoms with van der Waals surface area (Å²) in [6, 6.07) is 10.5. The molecule has 34 heavy (non-hydrogen) atoms. The summed E-state index contributed by atoms with van der Waals surface area (Å²) in [5.41, 5.74) is 1.11. The Balaban J connectivity index is 1.71. The molecule has 0 radical (unpaired) electrons. The summed E-state index contributed by atoms with van der Waals surface area (Å²) < 4.78 is 15.8. The van der Waals surface area contributed by atoms with Crippen LogP contribution in [0.2, 0.25) is 0 Å². The normalized spacial score (nSPS) is 14.6. The third-order valence-corrected chi connectivity index (χ3v) is 5.47. The minimum Gasteiger partial charge on any atom is -0.493 e. The number of benzene rings is 2. The Bertz CT molecular complexity index is 1140. The molecule has 0 atom stereocenters. The molecule has 0 aliphatic carbocycles. The number of nitrogens with zero attached hydrogens (tertiary/aromatic N) is 2. The van der Waals surface area contributed by atoms with Crippen molar-refractivity contribution in [1.82, 2.24) is 4.90 Å². The first-order valence-corrected chi connectivity index (χ1v) is 11.0. The third-order valence-electron chi connectivity index (χ3n) is 4.56. The molecule has 1 heterocycles. The summed E-state index contributed by atoms with van der Waals surface area (Å²) in [5, 5.41) is 10.3. The van der Waals surface area contributed by atoms with Crippen molar-refractivity contribution >= 4 is 40.6 Å². The average molecular weight is 487 g/mol. The minimum atomic E-state index is -0.519. The highest BCUT2D eigenvalue weighted by molar-refractivity contribution is 8.18. The van der Waals surface area contributed by atoms with Gasteiger partial charge in [-0.2, -0.15) is 0 Å². The fraction of sp³-hybridized carbons (Fsp3) is 0.261. The maximum Gasteiger partial charge on any atom is 0.344 e. The number of rotatable bonds is 9. The van der Waals surface area contributed by atoms with Crippen molar-refractivity contribution in [3.8, 4) is 11.5 Å². The van der Waals surface area contributed by atoms with Crippen molar-refractivity contribution in [2.75, 3.05) is 13.7 Å². The number of carbonyl (C=O) groups excluding carboxylic acids is 3. The lowest BCUT2D eigenvalue weighted by Gasteiger charge is -2.13. The second kappa shape index (κ2) is 10.8. The molecular formula is C23H22N2O8S. The Morgan fingerprint density at radius 3 is 2.47 bits per heavy atom. The van der Waals surface area contributed by atoms with Crippen molar-refractivity contribution in [2.45, 2.75) is 26.5 Å². The van der Waals surface area contributed by atoms with Gasteiger partial charge in [0.2, 0.25) is 0 Å². The molecule has 2 amide bonds. The van der Waals surface area contributed by atoms with E-state index in [9.17, 15) is 24.5 Å². The number of carbonyl (C=O) groups is 3. The molecule has 2 aromatic rings. The number of ether oxygens (including phenoxy) is 3. The van der Waals surface area contributed by atoms with E-state index in [0.717, 1.165) is 16.7 Å². The SMILES string of the molecule is COc1cc(/C=C2\SC(=O)N(Cc3ccc([N+](=O)[O-])cc3)C2=O)ccc1OCC(=O)OC(C)C. The van der Waals surface area contributed by atoms with Crippen LogP contribution in [-0.2, 0) is 20.9 Å².